The van der Waals surface area contributed by atoms with Crippen LogP contribution in [0.5, 0.6) is 11.5 Å². The zero-order valence-corrected chi connectivity index (χ0v) is 18.5. The van der Waals surface area contributed by atoms with Crippen LogP contribution in [0.4, 0.5) is 0 Å². The lowest BCUT2D eigenvalue weighted by Gasteiger charge is -2.45. The Balaban J connectivity index is 1.22. The molecule has 5 nitrogen and oxygen atoms in total. The van der Waals surface area contributed by atoms with Gasteiger partial charge in [-0.3, -0.25) is 4.90 Å². The van der Waals surface area contributed by atoms with Gasteiger partial charge in [0.25, 0.3) is 0 Å². The summed E-state index contributed by atoms with van der Waals surface area (Å²) in [7, 11) is -3.47. The van der Waals surface area contributed by atoms with Crippen LogP contribution in [-0.2, 0) is 23.0 Å². The van der Waals surface area contributed by atoms with Crippen molar-refractivity contribution in [2.24, 2.45) is 0 Å². The molecule has 3 heterocycles. The summed E-state index contributed by atoms with van der Waals surface area (Å²) in [5.41, 5.74) is 2.44. The van der Waals surface area contributed by atoms with Crippen LogP contribution in [0, 0.1) is 6.92 Å². The number of ether oxygens (including phenoxy) is 1. The van der Waals surface area contributed by atoms with Gasteiger partial charge in [0.1, 0.15) is 11.5 Å². The molecule has 2 aliphatic heterocycles. The van der Waals surface area contributed by atoms with Crippen molar-refractivity contribution in [2.45, 2.75) is 30.8 Å². The molecular weight excluding hydrogens is 416 g/mol. The van der Waals surface area contributed by atoms with Crippen LogP contribution < -0.4 is 4.74 Å². The van der Waals surface area contributed by atoms with Gasteiger partial charge in [-0.05, 0) is 66.2 Å². The number of sulfonamides is 1. The van der Waals surface area contributed by atoms with Crippen molar-refractivity contribution >= 4 is 21.4 Å². The number of rotatable bonds is 5. The molecule has 0 amide bonds. The van der Waals surface area contributed by atoms with Crippen molar-refractivity contribution in [3.8, 4) is 11.5 Å². The Morgan fingerprint density at radius 2 is 1.80 bits per heavy atom. The molecule has 0 spiro atoms. The number of fused-ring (bicyclic) bond motifs is 1. The molecule has 0 aliphatic carbocycles. The Labute approximate surface area is 181 Å². The molecule has 2 aromatic carbocycles. The Kier molecular flexibility index (Phi) is 5.14. The minimum atomic E-state index is -3.47. The highest BCUT2D eigenvalue weighted by atomic mass is 32.2. The van der Waals surface area contributed by atoms with Crippen LogP contribution in [-0.4, -0.2) is 43.3 Å². The summed E-state index contributed by atoms with van der Waals surface area (Å²) in [6, 6.07) is 17.0. The lowest BCUT2D eigenvalue weighted by atomic mass is 10.0. The van der Waals surface area contributed by atoms with Gasteiger partial charge < -0.3 is 4.74 Å². The van der Waals surface area contributed by atoms with Gasteiger partial charge in [0.15, 0.2) is 0 Å². The van der Waals surface area contributed by atoms with E-state index in [1.165, 1.54) is 10.4 Å². The maximum Gasteiger partial charge on any atom is 0.243 e. The third-order valence-electron chi connectivity index (χ3n) is 5.97. The molecular formula is C23H24N2O3S2. The largest absolute Gasteiger partial charge is 0.457 e. The van der Waals surface area contributed by atoms with Crippen LogP contribution in [0.1, 0.15) is 16.0 Å². The summed E-state index contributed by atoms with van der Waals surface area (Å²) < 4.78 is 33.4. The van der Waals surface area contributed by atoms with Gasteiger partial charge in [-0.1, -0.05) is 18.2 Å². The third kappa shape index (κ3) is 3.67. The Hall–Kier alpha value is -2.19. The Morgan fingerprint density at radius 1 is 1.03 bits per heavy atom. The number of nitrogens with zero attached hydrogens (tertiary/aromatic N) is 2. The summed E-state index contributed by atoms with van der Waals surface area (Å²) in [5, 5.41) is 2.15. The average Bonchev–Trinajstić information content (AvgIpc) is 3.17. The molecule has 7 heteroatoms. The molecule has 0 radical (unpaired) electrons. The van der Waals surface area contributed by atoms with Crippen molar-refractivity contribution < 1.29 is 13.2 Å². The van der Waals surface area contributed by atoms with Crippen molar-refractivity contribution in [3.63, 3.8) is 0 Å². The second kappa shape index (κ2) is 7.81. The lowest BCUT2D eigenvalue weighted by Crippen LogP contribution is -2.61. The fourth-order valence-corrected chi connectivity index (χ4v) is 6.46. The quantitative estimate of drug-likeness (QED) is 0.594. The van der Waals surface area contributed by atoms with E-state index in [-0.39, 0.29) is 0 Å². The van der Waals surface area contributed by atoms with Gasteiger partial charge >= 0.3 is 0 Å². The van der Waals surface area contributed by atoms with E-state index in [9.17, 15) is 8.42 Å². The summed E-state index contributed by atoms with van der Waals surface area (Å²) in [6.45, 7) is 5.04. The number of benzene rings is 2. The number of aryl methyl sites for hydroxylation is 1. The molecule has 30 heavy (non-hydrogen) atoms. The van der Waals surface area contributed by atoms with Crippen LogP contribution in [0.25, 0.3) is 0 Å². The Bertz CT molecular complexity index is 1150. The minimum Gasteiger partial charge on any atom is -0.457 e. The maximum atomic E-state index is 13.0. The molecule has 156 valence electrons. The maximum absolute atomic E-state index is 13.0. The van der Waals surface area contributed by atoms with Crippen molar-refractivity contribution in [1.82, 2.24) is 9.21 Å². The van der Waals surface area contributed by atoms with Gasteiger partial charge in [0.05, 0.1) is 4.90 Å². The summed E-state index contributed by atoms with van der Waals surface area (Å²) >= 11 is 1.83. The number of hydrogen-bond donors (Lipinski definition) is 0. The molecule has 0 N–H and O–H groups in total. The highest BCUT2D eigenvalue weighted by Gasteiger charge is 2.40. The molecule has 3 aromatic rings. The van der Waals surface area contributed by atoms with Gasteiger partial charge in [0, 0.05) is 37.1 Å². The van der Waals surface area contributed by atoms with Gasteiger partial charge in [-0.2, -0.15) is 4.31 Å². The zero-order valence-electron chi connectivity index (χ0n) is 16.8. The van der Waals surface area contributed by atoms with Gasteiger partial charge in [-0.25, -0.2) is 8.42 Å². The number of para-hydroxylation sites is 1. The third-order valence-corrected chi connectivity index (χ3v) is 8.83. The first-order valence-electron chi connectivity index (χ1n) is 10.1. The van der Waals surface area contributed by atoms with Crippen LogP contribution in [0.15, 0.2) is 64.9 Å². The SMILES string of the molecule is Cc1ccccc1Oc1ccc(S(=O)(=O)N2CC(N3CCc4sccc4C3)C2)cc1. The second-order valence-electron chi connectivity index (χ2n) is 7.90. The molecule has 1 fully saturated rings. The number of hydrogen-bond acceptors (Lipinski definition) is 5. The van der Waals surface area contributed by atoms with Gasteiger partial charge in [-0.15, -0.1) is 11.3 Å². The first kappa shape index (κ1) is 19.8. The molecule has 1 aromatic heterocycles. The molecule has 0 atom stereocenters. The summed E-state index contributed by atoms with van der Waals surface area (Å²) in [6.07, 6.45) is 1.07. The topological polar surface area (TPSA) is 49.9 Å². The predicted molar refractivity (Wildman–Crippen MR) is 119 cm³/mol. The van der Waals surface area contributed by atoms with Crippen molar-refractivity contribution in [1.29, 1.82) is 0 Å². The fourth-order valence-electron chi connectivity index (χ4n) is 4.05. The first-order chi connectivity index (χ1) is 14.5. The zero-order chi connectivity index (χ0) is 20.7. The molecule has 2 aliphatic rings. The van der Waals surface area contributed by atoms with E-state index in [2.05, 4.69) is 16.3 Å². The van der Waals surface area contributed by atoms with E-state index in [1.54, 1.807) is 28.6 Å². The number of thiophene rings is 1. The summed E-state index contributed by atoms with van der Waals surface area (Å²) in [5.74, 6) is 1.40. The standard InChI is InChI=1S/C23H24N2O3S2/c1-17-4-2-3-5-22(17)28-20-6-8-21(9-7-20)30(26,27)25-15-19(16-25)24-12-10-23-18(14-24)11-13-29-23/h2-9,11,13,19H,10,12,14-16H2,1H3. The monoisotopic (exact) mass is 440 g/mol. The molecule has 0 saturated carbocycles. The highest BCUT2D eigenvalue weighted by molar-refractivity contribution is 7.89. The van der Waals surface area contributed by atoms with E-state index < -0.39 is 10.0 Å². The molecule has 0 unspecified atom stereocenters. The van der Waals surface area contributed by atoms with E-state index in [4.69, 9.17) is 4.74 Å². The van der Waals surface area contributed by atoms with Crippen LogP contribution >= 0.6 is 11.3 Å². The van der Waals surface area contributed by atoms with Crippen molar-refractivity contribution in [3.05, 3.63) is 76.0 Å². The minimum absolute atomic E-state index is 0.302. The van der Waals surface area contributed by atoms with E-state index in [0.717, 1.165) is 30.8 Å². The second-order valence-corrected chi connectivity index (χ2v) is 10.8. The summed E-state index contributed by atoms with van der Waals surface area (Å²) in [4.78, 5) is 4.21. The average molecular weight is 441 g/mol. The smallest absolute Gasteiger partial charge is 0.243 e. The lowest BCUT2D eigenvalue weighted by molar-refractivity contribution is 0.0775. The fraction of sp³-hybridized carbons (Fsp3) is 0.304. The van der Waals surface area contributed by atoms with Crippen molar-refractivity contribution in [2.75, 3.05) is 19.6 Å². The van der Waals surface area contributed by atoms with E-state index in [1.807, 2.05) is 42.5 Å². The van der Waals surface area contributed by atoms with Crippen LogP contribution in [0.3, 0.4) is 0 Å². The van der Waals surface area contributed by atoms with E-state index in [0.29, 0.717) is 29.8 Å². The first-order valence-corrected chi connectivity index (χ1v) is 12.5. The predicted octanol–water partition coefficient (Wildman–Crippen LogP) is 4.28. The molecule has 5 rings (SSSR count). The highest BCUT2D eigenvalue weighted by Crippen LogP contribution is 2.31. The van der Waals surface area contributed by atoms with E-state index >= 15 is 0 Å². The van der Waals surface area contributed by atoms with Gasteiger partial charge in [0.2, 0.25) is 10.0 Å². The Morgan fingerprint density at radius 3 is 2.57 bits per heavy atom. The van der Waals surface area contributed by atoms with Crippen LogP contribution in [0.2, 0.25) is 0 Å². The molecule has 0 bridgehead atoms. The molecule has 1 saturated heterocycles. The normalized spacial score (nSPS) is 18.0.